The summed E-state index contributed by atoms with van der Waals surface area (Å²) < 4.78 is 1.87. The van der Waals surface area contributed by atoms with Gasteiger partial charge in [-0.05, 0) is 42.5 Å². The number of aryl methyl sites for hydroxylation is 1. The summed E-state index contributed by atoms with van der Waals surface area (Å²) in [6, 6.07) is 8.12. The van der Waals surface area contributed by atoms with E-state index in [1.165, 1.54) is 24.8 Å². The van der Waals surface area contributed by atoms with Crippen LogP contribution in [0.1, 0.15) is 55.6 Å². The molecule has 2 aromatic rings. The highest BCUT2D eigenvalue weighted by Crippen LogP contribution is 2.27. The Bertz CT molecular complexity index is 914. The number of hydrogen-bond acceptors (Lipinski definition) is 3. The molecule has 1 saturated carbocycles. The van der Waals surface area contributed by atoms with Gasteiger partial charge in [-0.1, -0.05) is 31.4 Å². The lowest BCUT2D eigenvalue weighted by molar-refractivity contribution is -0.120. The molecular weight excluding hydrogens is 388 g/mol. The minimum absolute atomic E-state index is 0.164. The number of carbonyl (C=O) groups excluding carboxylic acids is 1. The molecule has 1 aromatic carbocycles. The van der Waals surface area contributed by atoms with Gasteiger partial charge in [0.15, 0.2) is 5.96 Å². The maximum atomic E-state index is 12.6. The number of benzene rings is 1. The van der Waals surface area contributed by atoms with Crippen LogP contribution in [0, 0.1) is 5.92 Å². The topological polar surface area (TPSA) is 74.6 Å². The van der Waals surface area contributed by atoms with E-state index in [0.717, 1.165) is 49.6 Å². The highest BCUT2D eigenvalue weighted by atomic mass is 16.1. The molecule has 1 atom stereocenters. The fourth-order valence-corrected chi connectivity index (χ4v) is 4.76. The SMILES string of the molecule is CN=C(NCc1cccc(NC(=O)C2CCCCC2)c1)N1CCC(c2cnn(C)c2)C1. The third-order valence-electron chi connectivity index (χ3n) is 6.52. The lowest BCUT2D eigenvalue weighted by Crippen LogP contribution is -2.39. The molecule has 1 aromatic heterocycles. The molecule has 0 spiro atoms. The Balaban J connectivity index is 1.31. The number of aromatic nitrogens is 2. The minimum atomic E-state index is 0.164. The van der Waals surface area contributed by atoms with Crippen LogP contribution in [0.5, 0.6) is 0 Å². The molecule has 0 radical (unpaired) electrons. The lowest BCUT2D eigenvalue weighted by Gasteiger charge is -2.22. The number of hydrogen-bond donors (Lipinski definition) is 2. The van der Waals surface area contributed by atoms with Gasteiger partial charge < -0.3 is 15.5 Å². The number of anilines is 1. The van der Waals surface area contributed by atoms with Crippen LogP contribution in [-0.4, -0.2) is 46.7 Å². The molecule has 4 rings (SSSR count). The van der Waals surface area contributed by atoms with Crippen molar-refractivity contribution in [2.24, 2.45) is 18.0 Å². The monoisotopic (exact) mass is 422 g/mol. The lowest BCUT2D eigenvalue weighted by atomic mass is 9.88. The molecule has 2 heterocycles. The van der Waals surface area contributed by atoms with E-state index in [2.05, 4.69) is 44.0 Å². The minimum Gasteiger partial charge on any atom is -0.352 e. The first-order chi connectivity index (χ1) is 15.1. The van der Waals surface area contributed by atoms with Gasteiger partial charge in [0.1, 0.15) is 0 Å². The molecule has 1 aliphatic heterocycles. The van der Waals surface area contributed by atoms with Gasteiger partial charge in [-0.2, -0.15) is 5.10 Å². The second-order valence-electron chi connectivity index (χ2n) is 8.80. The molecule has 0 bridgehead atoms. The van der Waals surface area contributed by atoms with Crippen LogP contribution in [0.2, 0.25) is 0 Å². The first-order valence-corrected chi connectivity index (χ1v) is 11.5. The number of likely N-dealkylation sites (tertiary alicyclic amines) is 1. The van der Waals surface area contributed by atoms with Crippen molar-refractivity contribution in [2.45, 2.75) is 51.0 Å². The van der Waals surface area contributed by atoms with E-state index in [0.29, 0.717) is 12.5 Å². The molecule has 31 heavy (non-hydrogen) atoms. The number of guanidine groups is 1. The normalized spacial score (nSPS) is 20.1. The molecule has 2 N–H and O–H groups in total. The van der Waals surface area contributed by atoms with Gasteiger partial charge in [-0.15, -0.1) is 0 Å². The smallest absolute Gasteiger partial charge is 0.227 e. The van der Waals surface area contributed by atoms with E-state index >= 15 is 0 Å². The van der Waals surface area contributed by atoms with Gasteiger partial charge in [0.25, 0.3) is 0 Å². The molecule has 166 valence electrons. The van der Waals surface area contributed by atoms with Crippen molar-refractivity contribution >= 4 is 17.6 Å². The summed E-state index contributed by atoms with van der Waals surface area (Å²) in [4.78, 5) is 19.4. The molecule has 7 heteroatoms. The standard InChI is InChI=1S/C24H34N6O/c1-25-24(30-12-11-20(17-30)21-15-27-29(2)16-21)26-14-18-7-6-10-22(13-18)28-23(31)19-8-4-3-5-9-19/h6-7,10,13,15-16,19-20H,3-5,8-9,11-12,14,17H2,1-2H3,(H,25,26)(H,28,31). The molecule has 1 aliphatic carbocycles. The van der Waals surface area contributed by atoms with E-state index in [-0.39, 0.29) is 11.8 Å². The summed E-state index contributed by atoms with van der Waals surface area (Å²) in [5.41, 5.74) is 3.30. The molecule has 7 nitrogen and oxygen atoms in total. The van der Waals surface area contributed by atoms with E-state index in [1.807, 2.05) is 37.1 Å². The van der Waals surface area contributed by atoms with Gasteiger partial charge >= 0.3 is 0 Å². The highest BCUT2D eigenvalue weighted by Gasteiger charge is 2.27. The third-order valence-corrected chi connectivity index (χ3v) is 6.52. The zero-order chi connectivity index (χ0) is 21.6. The van der Waals surface area contributed by atoms with Crippen molar-refractivity contribution in [1.29, 1.82) is 0 Å². The fraction of sp³-hybridized carbons (Fsp3) is 0.542. The second-order valence-corrected chi connectivity index (χ2v) is 8.80. The average Bonchev–Trinajstić information content (AvgIpc) is 3.44. The van der Waals surface area contributed by atoms with E-state index in [9.17, 15) is 4.79 Å². The number of rotatable bonds is 5. The molecule has 1 amide bonds. The Kier molecular flexibility index (Phi) is 6.89. The van der Waals surface area contributed by atoms with Gasteiger partial charge in [-0.25, -0.2) is 0 Å². The zero-order valence-electron chi connectivity index (χ0n) is 18.7. The summed E-state index contributed by atoms with van der Waals surface area (Å²) in [5.74, 6) is 1.74. The number of nitrogens with one attached hydrogen (secondary N) is 2. The zero-order valence-corrected chi connectivity index (χ0v) is 18.7. The van der Waals surface area contributed by atoms with E-state index < -0.39 is 0 Å². The van der Waals surface area contributed by atoms with Gasteiger partial charge in [0.2, 0.25) is 5.91 Å². The summed E-state index contributed by atoms with van der Waals surface area (Å²) in [6.07, 6.45) is 10.8. The van der Waals surface area contributed by atoms with Crippen molar-refractivity contribution in [3.8, 4) is 0 Å². The van der Waals surface area contributed by atoms with Crippen LogP contribution < -0.4 is 10.6 Å². The largest absolute Gasteiger partial charge is 0.352 e. The van der Waals surface area contributed by atoms with Crippen molar-refractivity contribution in [2.75, 3.05) is 25.5 Å². The number of nitrogens with zero attached hydrogens (tertiary/aromatic N) is 4. The number of carbonyl (C=O) groups is 1. The summed E-state index contributed by atoms with van der Waals surface area (Å²) in [7, 11) is 3.79. The molecule has 2 fully saturated rings. The van der Waals surface area contributed by atoms with Gasteiger partial charge in [-0.3, -0.25) is 14.5 Å². The Morgan fingerprint density at radius 1 is 1.23 bits per heavy atom. The van der Waals surface area contributed by atoms with Crippen LogP contribution in [0.3, 0.4) is 0 Å². The van der Waals surface area contributed by atoms with E-state index in [1.54, 1.807) is 0 Å². The fourth-order valence-electron chi connectivity index (χ4n) is 4.76. The van der Waals surface area contributed by atoms with Gasteiger partial charge in [0.05, 0.1) is 6.20 Å². The quantitative estimate of drug-likeness (QED) is 0.571. The van der Waals surface area contributed by atoms with Crippen LogP contribution in [0.4, 0.5) is 5.69 Å². The molecule has 1 saturated heterocycles. The molecule has 2 aliphatic rings. The van der Waals surface area contributed by atoms with Crippen LogP contribution in [0.25, 0.3) is 0 Å². The Morgan fingerprint density at radius 3 is 2.81 bits per heavy atom. The maximum absolute atomic E-state index is 12.6. The predicted molar refractivity (Wildman–Crippen MR) is 124 cm³/mol. The van der Waals surface area contributed by atoms with E-state index in [4.69, 9.17) is 0 Å². The van der Waals surface area contributed by atoms with Crippen LogP contribution >= 0.6 is 0 Å². The van der Waals surface area contributed by atoms with Crippen molar-refractivity contribution in [3.63, 3.8) is 0 Å². The summed E-state index contributed by atoms with van der Waals surface area (Å²) >= 11 is 0. The average molecular weight is 423 g/mol. The highest BCUT2D eigenvalue weighted by molar-refractivity contribution is 5.92. The predicted octanol–water partition coefficient (Wildman–Crippen LogP) is 3.50. The van der Waals surface area contributed by atoms with Gasteiger partial charge in [0, 0.05) is 57.4 Å². The van der Waals surface area contributed by atoms with Crippen molar-refractivity contribution in [1.82, 2.24) is 20.0 Å². The summed E-state index contributed by atoms with van der Waals surface area (Å²) in [5, 5.41) is 10.9. The van der Waals surface area contributed by atoms with Crippen LogP contribution in [-0.2, 0) is 18.4 Å². The first-order valence-electron chi connectivity index (χ1n) is 11.5. The first kappa shape index (κ1) is 21.4. The maximum Gasteiger partial charge on any atom is 0.227 e. The molecule has 1 unspecified atom stereocenters. The number of aliphatic imine (C=N–C) groups is 1. The van der Waals surface area contributed by atoms with Crippen LogP contribution in [0.15, 0.2) is 41.7 Å². The third kappa shape index (κ3) is 5.46. The number of amides is 1. The Morgan fingerprint density at radius 2 is 2.06 bits per heavy atom. The Hall–Kier alpha value is -2.83. The van der Waals surface area contributed by atoms with Crippen molar-refractivity contribution < 1.29 is 4.79 Å². The van der Waals surface area contributed by atoms with Crippen molar-refractivity contribution in [3.05, 3.63) is 47.8 Å². The molecular formula is C24H34N6O. The summed E-state index contributed by atoms with van der Waals surface area (Å²) in [6.45, 7) is 2.60. The second kappa shape index (κ2) is 9.98. The Labute approximate surface area is 184 Å².